The Morgan fingerprint density at radius 3 is 2.33 bits per heavy atom. The monoisotopic (exact) mass is 392 g/mol. The molecule has 2 heterocycles. The lowest BCUT2D eigenvalue weighted by atomic mass is 10.0. The van der Waals surface area contributed by atoms with Gasteiger partial charge in [0.25, 0.3) is 11.8 Å². The Morgan fingerprint density at radius 1 is 1.11 bits per heavy atom. The minimum absolute atomic E-state index is 0.0156. The van der Waals surface area contributed by atoms with Gasteiger partial charge in [0.2, 0.25) is 0 Å². The number of benzene rings is 1. The smallest absolute Gasteiger partial charge is 0.277 e. The van der Waals surface area contributed by atoms with E-state index in [1.54, 1.807) is 31.4 Å². The van der Waals surface area contributed by atoms with Gasteiger partial charge in [0.05, 0.1) is 17.8 Å². The Morgan fingerprint density at radius 2 is 1.74 bits per heavy atom. The van der Waals surface area contributed by atoms with Gasteiger partial charge in [0.15, 0.2) is 0 Å². The Hall–Kier alpha value is -1.89. The zero-order chi connectivity index (χ0) is 19.6. The van der Waals surface area contributed by atoms with Crippen molar-refractivity contribution in [2.45, 2.75) is 32.5 Å². The number of carbonyl (C=O) groups excluding carboxylic acids is 2. The highest BCUT2D eigenvalue weighted by molar-refractivity contribution is 6.36. The molecule has 1 saturated heterocycles. The highest BCUT2D eigenvalue weighted by Gasteiger charge is 2.42. The summed E-state index contributed by atoms with van der Waals surface area (Å²) in [5.41, 5.74) is 1.60. The first-order chi connectivity index (χ1) is 12.9. The molecule has 2 aliphatic rings. The molecule has 7 heteroatoms. The number of imide groups is 1. The van der Waals surface area contributed by atoms with Gasteiger partial charge in [-0.2, -0.15) is 0 Å². The second-order valence-corrected chi connectivity index (χ2v) is 7.44. The van der Waals surface area contributed by atoms with Gasteiger partial charge in [0, 0.05) is 38.4 Å². The zero-order valence-electron chi connectivity index (χ0n) is 15.9. The van der Waals surface area contributed by atoms with Crippen LogP contribution in [0.1, 0.15) is 25.8 Å². The predicted octanol–water partition coefficient (Wildman–Crippen LogP) is 2.57. The summed E-state index contributed by atoms with van der Waals surface area (Å²) in [5.74, 6) is -0.512. The third-order valence-electron chi connectivity index (χ3n) is 4.74. The Balaban J connectivity index is 1.99. The van der Waals surface area contributed by atoms with E-state index in [1.165, 1.54) is 4.90 Å². The molecule has 3 rings (SSSR count). The Labute approximate surface area is 164 Å². The first kappa shape index (κ1) is 19.9. The van der Waals surface area contributed by atoms with Crippen molar-refractivity contribution < 1.29 is 19.1 Å². The third kappa shape index (κ3) is 4.18. The number of morpholine rings is 1. The molecule has 2 aliphatic heterocycles. The molecule has 146 valence electrons. The molecule has 0 bridgehead atoms. The van der Waals surface area contributed by atoms with Crippen molar-refractivity contribution in [1.82, 2.24) is 9.80 Å². The summed E-state index contributed by atoms with van der Waals surface area (Å²) >= 11 is 6.00. The van der Waals surface area contributed by atoms with Crippen molar-refractivity contribution in [3.63, 3.8) is 0 Å². The molecule has 6 nitrogen and oxygen atoms in total. The highest BCUT2D eigenvalue weighted by Crippen LogP contribution is 2.33. The molecular weight excluding hydrogens is 368 g/mol. The predicted molar refractivity (Wildman–Crippen MR) is 103 cm³/mol. The molecule has 0 aliphatic carbocycles. The van der Waals surface area contributed by atoms with Crippen LogP contribution in [0.25, 0.3) is 5.57 Å². The molecule has 0 radical (unpaired) electrons. The molecule has 2 amide bonds. The van der Waals surface area contributed by atoms with Gasteiger partial charge in [-0.15, -0.1) is 0 Å². The zero-order valence-corrected chi connectivity index (χ0v) is 16.7. The number of methoxy groups -OCH3 is 1. The number of hydrogen-bond acceptors (Lipinski definition) is 5. The lowest BCUT2D eigenvalue weighted by molar-refractivity contribution is -0.138. The minimum Gasteiger partial charge on any atom is -0.385 e. The minimum atomic E-state index is -0.264. The van der Waals surface area contributed by atoms with Crippen molar-refractivity contribution in [1.29, 1.82) is 0 Å². The molecule has 1 aromatic carbocycles. The maximum absolute atomic E-state index is 13.2. The molecule has 1 fully saturated rings. The van der Waals surface area contributed by atoms with Crippen LogP contribution in [-0.2, 0) is 19.1 Å². The van der Waals surface area contributed by atoms with E-state index >= 15 is 0 Å². The quantitative estimate of drug-likeness (QED) is 0.550. The summed E-state index contributed by atoms with van der Waals surface area (Å²) in [4.78, 5) is 29.6. The Kier molecular flexibility index (Phi) is 6.19. The van der Waals surface area contributed by atoms with Crippen LogP contribution in [0.5, 0.6) is 0 Å². The van der Waals surface area contributed by atoms with Crippen LogP contribution in [0.3, 0.4) is 0 Å². The first-order valence-electron chi connectivity index (χ1n) is 9.18. The third-order valence-corrected chi connectivity index (χ3v) is 4.99. The van der Waals surface area contributed by atoms with Crippen molar-refractivity contribution in [2.24, 2.45) is 0 Å². The van der Waals surface area contributed by atoms with Crippen LogP contribution in [0, 0.1) is 0 Å². The largest absolute Gasteiger partial charge is 0.385 e. The van der Waals surface area contributed by atoms with Gasteiger partial charge in [0.1, 0.15) is 5.70 Å². The number of hydrogen-bond donors (Lipinski definition) is 0. The average Bonchev–Trinajstić information content (AvgIpc) is 2.86. The lowest BCUT2D eigenvalue weighted by Crippen LogP contribution is -2.47. The maximum Gasteiger partial charge on any atom is 0.277 e. The van der Waals surface area contributed by atoms with Crippen LogP contribution in [-0.4, -0.2) is 67.2 Å². The van der Waals surface area contributed by atoms with Crippen LogP contribution in [0.4, 0.5) is 0 Å². The fourth-order valence-corrected chi connectivity index (χ4v) is 3.79. The van der Waals surface area contributed by atoms with Gasteiger partial charge in [-0.25, -0.2) is 0 Å². The molecule has 0 spiro atoms. The van der Waals surface area contributed by atoms with Gasteiger partial charge in [-0.05, 0) is 38.0 Å². The summed E-state index contributed by atoms with van der Waals surface area (Å²) in [5, 5.41) is 0.586. The van der Waals surface area contributed by atoms with Gasteiger partial charge in [-0.1, -0.05) is 23.7 Å². The molecule has 2 unspecified atom stereocenters. The maximum atomic E-state index is 13.2. The summed E-state index contributed by atoms with van der Waals surface area (Å²) < 4.78 is 10.9. The summed E-state index contributed by atoms with van der Waals surface area (Å²) in [6.45, 7) is 5.92. The van der Waals surface area contributed by atoms with E-state index in [0.717, 1.165) is 0 Å². The number of nitrogens with zero attached hydrogens (tertiary/aromatic N) is 2. The van der Waals surface area contributed by atoms with Gasteiger partial charge in [-0.3, -0.25) is 14.5 Å². The fraction of sp³-hybridized carbons (Fsp3) is 0.500. The number of rotatable bonds is 6. The average molecular weight is 393 g/mol. The van der Waals surface area contributed by atoms with Crippen LogP contribution in [0.15, 0.2) is 30.0 Å². The highest BCUT2D eigenvalue weighted by atomic mass is 35.5. The lowest BCUT2D eigenvalue weighted by Gasteiger charge is -2.37. The first-order valence-corrected chi connectivity index (χ1v) is 9.56. The molecule has 0 N–H and O–H groups in total. The molecule has 2 atom stereocenters. The number of carbonyl (C=O) groups is 2. The second-order valence-electron chi connectivity index (χ2n) is 7.00. The molecule has 1 aromatic rings. The van der Waals surface area contributed by atoms with Crippen molar-refractivity contribution in [3.8, 4) is 0 Å². The molecule has 0 saturated carbocycles. The second kappa shape index (κ2) is 8.42. The van der Waals surface area contributed by atoms with E-state index in [4.69, 9.17) is 21.1 Å². The van der Waals surface area contributed by atoms with Crippen LogP contribution >= 0.6 is 11.6 Å². The van der Waals surface area contributed by atoms with E-state index < -0.39 is 0 Å². The van der Waals surface area contributed by atoms with Crippen LogP contribution in [0.2, 0.25) is 5.02 Å². The van der Waals surface area contributed by atoms with E-state index in [2.05, 4.69) is 0 Å². The van der Waals surface area contributed by atoms with E-state index in [0.29, 0.717) is 54.5 Å². The SMILES string of the molecule is COCCCN1C(=O)C(c2ccc(Cl)cc2)=C(N2CC(C)OC(C)C2)C1=O. The van der Waals surface area contributed by atoms with Crippen molar-refractivity contribution in [3.05, 3.63) is 40.5 Å². The number of ether oxygens (including phenoxy) is 2. The summed E-state index contributed by atoms with van der Waals surface area (Å²) in [7, 11) is 1.60. The van der Waals surface area contributed by atoms with Crippen molar-refractivity contribution in [2.75, 3.05) is 33.4 Å². The van der Waals surface area contributed by atoms with E-state index in [9.17, 15) is 9.59 Å². The van der Waals surface area contributed by atoms with Crippen molar-refractivity contribution >= 4 is 29.0 Å². The van der Waals surface area contributed by atoms with E-state index in [1.807, 2.05) is 18.7 Å². The number of amides is 2. The van der Waals surface area contributed by atoms with E-state index in [-0.39, 0.29) is 24.0 Å². The summed E-state index contributed by atoms with van der Waals surface area (Å²) in [6.07, 6.45) is 0.571. The molecular formula is C20H25ClN2O4. The summed E-state index contributed by atoms with van der Waals surface area (Å²) in [6, 6.07) is 7.04. The van der Waals surface area contributed by atoms with Gasteiger partial charge >= 0.3 is 0 Å². The molecule has 0 aromatic heterocycles. The van der Waals surface area contributed by atoms with Gasteiger partial charge < -0.3 is 14.4 Å². The normalized spacial score (nSPS) is 23.6. The fourth-order valence-electron chi connectivity index (χ4n) is 3.66. The number of halogens is 1. The molecule has 27 heavy (non-hydrogen) atoms. The standard InChI is InChI=1S/C20H25ClN2O4/c1-13-11-22(12-14(2)27-13)18-17(15-5-7-16(21)8-6-15)19(24)23(20(18)25)9-4-10-26-3/h5-8,13-14H,4,9-12H2,1-3H3. The topological polar surface area (TPSA) is 59.1 Å². The van der Waals surface area contributed by atoms with Crippen LogP contribution < -0.4 is 0 Å². The Bertz CT molecular complexity index is 737.